The minimum atomic E-state index is -0.223. The lowest BCUT2D eigenvalue weighted by molar-refractivity contribution is -0.135. The Morgan fingerprint density at radius 3 is 2.58 bits per heavy atom. The molecule has 2 aliphatic rings. The molecule has 3 rings (SSSR count). The van der Waals surface area contributed by atoms with Crippen LogP contribution < -0.4 is 10.2 Å². The third-order valence-corrected chi connectivity index (χ3v) is 5.59. The second-order valence-electron chi connectivity index (χ2n) is 6.40. The summed E-state index contributed by atoms with van der Waals surface area (Å²) >= 11 is 2.02. The van der Waals surface area contributed by atoms with E-state index in [-0.39, 0.29) is 11.9 Å². The first-order chi connectivity index (χ1) is 11.6. The van der Waals surface area contributed by atoms with Crippen molar-refractivity contribution in [1.82, 2.24) is 4.90 Å². The summed E-state index contributed by atoms with van der Waals surface area (Å²) in [6, 6.07) is 6.27. The zero-order chi connectivity index (χ0) is 16.9. The first-order valence-corrected chi connectivity index (χ1v) is 9.87. The molecule has 2 fully saturated rings. The van der Waals surface area contributed by atoms with Gasteiger partial charge in [0.2, 0.25) is 5.91 Å². The van der Waals surface area contributed by atoms with Gasteiger partial charge in [-0.1, -0.05) is 0 Å². The molecule has 1 atom stereocenters. The van der Waals surface area contributed by atoms with Crippen LogP contribution in [0.5, 0.6) is 0 Å². The average Bonchev–Trinajstić information content (AvgIpc) is 2.64. The van der Waals surface area contributed by atoms with E-state index < -0.39 is 0 Å². The van der Waals surface area contributed by atoms with Crippen LogP contribution in [0.25, 0.3) is 0 Å². The summed E-state index contributed by atoms with van der Waals surface area (Å²) in [5.41, 5.74) is 3.51. The second kappa shape index (κ2) is 8.12. The number of rotatable bonds is 4. The highest BCUT2D eigenvalue weighted by Gasteiger charge is 2.22. The van der Waals surface area contributed by atoms with Crippen molar-refractivity contribution in [1.29, 1.82) is 0 Å². The summed E-state index contributed by atoms with van der Waals surface area (Å²) in [5.74, 6) is 2.55. The molecular formula is C18H27N3O2S. The van der Waals surface area contributed by atoms with Crippen molar-refractivity contribution in [3.63, 3.8) is 0 Å². The van der Waals surface area contributed by atoms with Crippen LogP contribution in [0.3, 0.4) is 0 Å². The number of aryl methyl sites for hydroxylation is 1. The Bertz CT molecular complexity index is 569. The number of ether oxygens (including phenoxy) is 1. The normalized spacial score (nSPS) is 19.9. The summed E-state index contributed by atoms with van der Waals surface area (Å²) in [5, 5.41) is 3.38. The molecule has 2 aliphatic heterocycles. The molecular weight excluding hydrogens is 322 g/mol. The predicted molar refractivity (Wildman–Crippen MR) is 101 cm³/mol. The lowest BCUT2D eigenvalue weighted by Gasteiger charge is -2.31. The van der Waals surface area contributed by atoms with Crippen LogP contribution in [0, 0.1) is 6.92 Å². The predicted octanol–water partition coefficient (Wildman–Crippen LogP) is 2.21. The van der Waals surface area contributed by atoms with Crippen molar-refractivity contribution in [2.24, 2.45) is 0 Å². The van der Waals surface area contributed by atoms with E-state index in [0.29, 0.717) is 26.3 Å². The monoisotopic (exact) mass is 349 g/mol. The van der Waals surface area contributed by atoms with Crippen LogP contribution in [0.4, 0.5) is 11.4 Å². The van der Waals surface area contributed by atoms with E-state index in [2.05, 4.69) is 35.3 Å². The van der Waals surface area contributed by atoms with Crippen LogP contribution in [0.1, 0.15) is 12.5 Å². The van der Waals surface area contributed by atoms with Gasteiger partial charge < -0.3 is 19.9 Å². The zero-order valence-electron chi connectivity index (χ0n) is 14.6. The Hall–Kier alpha value is -1.40. The standard InChI is InChI=1S/C18H27N3O2S/c1-14-13-16(20-7-11-24-12-8-20)3-4-17(14)19-15(2)18(22)21-5-9-23-10-6-21/h3-4,13,15,19H,5-12H2,1-2H3/t15-/m1/s1. The first kappa shape index (κ1) is 17.4. The molecule has 1 amide bonds. The van der Waals surface area contributed by atoms with Gasteiger partial charge in [-0.05, 0) is 37.6 Å². The Morgan fingerprint density at radius 2 is 1.92 bits per heavy atom. The molecule has 0 saturated carbocycles. The summed E-state index contributed by atoms with van der Waals surface area (Å²) in [4.78, 5) is 16.9. The van der Waals surface area contributed by atoms with E-state index in [1.165, 1.54) is 22.8 Å². The van der Waals surface area contributed by atoms with Crippen molar-refractivity contribution in [3.05, 3.63) is 23.8 Å². The highest BCUT2D eigenvalue weighted by Crippen LogP contribution is 2.25. The number of nitrogens with one attached hydrogen (secondary N) is 1. The lowest BCUT2D eigenvalue weighted by Crippen LogP contribution is -2.47. The molecule has 0 bridgehead atoms. The average molecular weight is 350 g/mol. The molecule has 1 aromatic rings. The van der Waals surface area contributed by atoms with Crippen LogP contribution in [-0.2, 0) is 9.53 Å². The van der Waals surface area contributed by atoms with Crippen molar-refractivity contribution in [2.75, 3.05) is 61.1 Å². The smallest absolute Gasteiger partial charge is 0.244 e. The van der Waals surface area contributed by atoms with Gasteiger partial charge in [0.15, 0.2) is 0 Å². The number of carbonyl (C=O) groups is 1. The minimum Gasteiger partial charge on any atom is -0.378 e. The SMILES string of the molecule is Cc1cc(N2CCSCC2)ccc1N[C@H](C)C(=O)N1CCOCC1. The van der Waals surface area contributed by atoms with Crippen LogP contribution in [0.15, 0.2) is 18.2 Å². The number of hydrogen-bond donors (Lipinski definition) is 1. The zero-order valence-corrected chi connectivity index (χ0v) is 15.4. The maximum atomic E-state index is 12.5. The largest absolute Gasteiger partial charge is 0.378 e. The van der Waals surface area contributed by atoms with Crippen LogP contribution >= 0.6 is 11.8 Å². The van der Waals surface area contributed by atoms with Crippen molar-refractivity contribution in [3.8, 4) is 0 Å². The van der Waals surface area contributed by atoms with E-state index >= 15 is 0 Å². The maximum Gasteiger partial charge on any atom is 0.244 e. The number of amides is 1. The Kier molecular flexibility index (Phi) is 5.89. The van der Waals surface area contributed by atoms with E-state index in [0.717, 1.165) is 18.8 Å². The van der Waals surface area contributed by atoms with Gasteiger partial charge >= 0.3 is 0 Å². The highest BCUT2D eigenvalue weighted by atomic mass is 32.2. The van der Waals surface area contributed by atoms with Gasteiger partial charge in [0, 0.05) is 49.1 Å². The van der Waals surface area contributed by atoms with E-state index in [1.54, 1.807) is 0 Å². The number of hydrogen-bond acceptors (Lipinski definition) is 5. The third kappa shape index (κ3) is 4.16. The molecule has 24 heavy (non-hydrogen) atoms. The van der Waals surface area contributed by atoms with Crippen molar-refractivity contribution in [2.45, 2.75) is 19.9 Å². The number of anilines is 2. The molecule has 132 valence electrons. The molecule has 6 heteroatoms. The highest BCUT2D eigenvalue weighted by molar-refractivity contribution is 7.99. The van der Waals surface area contributed by atoms with Gasteiger partial charge in [0.1, 0.15) is 6.04 Å². The van der Waals surface area contributed by atoms with Gasteiger partial charge in [0.05, 0.1) is 13.2 Å². The molecule has 2 heterocycles. The van der Waals surface area contributed by atoms with Gasteiger partial charge in [-0.15, -0.1) is 0 Å². The molecule has 0 radical (unpaired) electrons. The number of morpholine rings is 1. The summed E-state index contributed by atoms with van der Waals surface area (Å²) in [6.45, 7) is 8.93. The Labute approximate surface area is 148 Å². The number of carbonyl (C=O) groups excluding carboxylic acids is 1. The van der Waals surface area contributed by atoms with Crippen molar-refractivity contribution < 1.29 is 9.53 Å². The summed E-state index contributed by atoms with van der Waals surface area (Å²) < 4.78 is 5.32. The Morgan fingerprint density at radius 1 is 1.21 bits per heavy atom. The van der Waals surface area contributed by atoms with Gasteiger partial charge in [-0.25, -0.2) is 0 Å². The third-order valence-electron chi connectivity index (χ3n) is 4.65. The molecule has 0 unspecified atom stereocenters. The molecule has 1 N–H and O–H groups in total. The molecule has 5 nitrogen and oxygen atoms in total. The topological polar surface area (TPSA) is 44.8 Å². The van der Waals surface area contributed by atoms with E-state index in [1.807, 2.05) is 23.6 Å². The molecule has 0 aliphatic carbocycles. The van der Waals surface area contributed by atoms with E-state index in [4.69, 9.17) is 4.74 Å². The van der Waals surface area contributed by atoms with Crippen molar-refractivity contribution >= 4 is 29.0 Å². The number of thioether (sulfide) groups is 1. The van der Waals surface area contributed by atoms with Crippen LogP contribution in [-0.4, -0.2) is 67.7 Å². The molecule has 0 spiro atoms. The lowest BCUT2D eigenvalue weighted by atomic mass is 10.1. The molecule has 0 aromatic heterocycles. The Balaban J connectivity index is 1.62. The quantitative estimate of drug-likeness (QED) is 0.903. The van der Waals surface area contributed by atoms with Gasteiger partial charge in [-0.3, -0.25) is 4.79 Å². The van der Waals surface area contributed by atoms with E-state index in [9.17, 15) is 4.79 Å². The minimum absolute atomic E-state index is 0.148. The fourth-order valence-corrected chi connectivity index (χ4v) is 4.08. The first-order valence-electron chi connectivity index (χ1n) is 8.71. The van der Waals surface area contributed by atoms with Crippen LogP contribution in [0.2, 0.25) is 0 Å². The fourth-order valence-electron chi connectivity index (χ4n) is 3.18. The summed E-state index contributed by atoms with van der Waals surface area (Å²) in [7, 11) is 0. The number of nitrogens with zero attached hydrogens (tertiary/aromatic N) is 2. The molecule has 2 saturated heterocycles. The fraction of sp³-hybridized carbons (Fsp3) is 0.611. The summed E-state index contributed by atoms with van der Waals surface area (Å²) in [6.07, 6.45) is 0. The second-order valence-corrected chi connectivity index (χ2v) is 7.63. The van der Waals surface area contributed by atoms with Gasteiger partial charge in [0.25, 0.3) is 0 Å². The number of benzene rings is 1. The maximum absolute atomic E-state index is 12.5. The molecule has 1 aromatic carbocycles. The van der Waals surface area contributed by atoms with Gasteiger partial charge in [-0.2, -0.15) is 11.8 Å².